The third-order valence-corrected chi connectivity index (χ3v) is 4.22. The largest absolute Gasteiger partial charge is 0.497 e. The number of rotatable bonds is 8. The molecule has 0 fully saturated rings. The zero-order valence-corrected chi connectivity index (χ0v) is 14.2. The highest BCUT2D eigenvalue weighted by atomic mass is 32.2. The zero-order chi connectivity index (χ0) is 16.8. The van der Waals surface area contributed by atoms with Gasteiger partial charge in [-0.1, -0.05) is 17.8 Å². The Labute approximate surface area is 139 Å². The fourth-order valence-electron chi connectivity index (χ4n) is 2.04. The molecule has 0 bridgehead atoms. The van der Waals surface area contributed by atoms with E-state index in [0.717, 1.165) is 5.82 Å². The Morgan fingerprint density at radius 3 is 2.78 bits per heavy atom. The molecule has 0 atom stereocenters. The van der Waals surface area contributed by atoms with Gasteiger partial charge >= 0.3 is 0 Å². The van der Waals surface area contributed by atoms with Crippen LogP contribution < -0.4 is 9.47 Å². The lowest BCUT2D eigenvalue weighted by Crippen LogP contribution is -2.07. The normalized spacial score (nSPS) is 10.4. The molecule has 1 aromatic heterocycles. The summed E-state index contributed by atoms with van der Waals surface area (Å²) in [6.07, 6.45) is 1.77. The van der Waals surface area contributed by atoms with Gasteiger partial charge in [-0.05, 0) is 19.1 Å². The third kappa shape index (κ3) is 3.92. The van der Waals surface area contributed by atoms with Crippen LogP contribution in [0.4, 0.5) is 0 Å². The van der Waals surface area contributed by atoms with Crippen LogP contribution in [0.2, 0.25) is 0 Å². The molecule has 122 valence electrons. The van der Waals surface area contributed by atoms with Gasteiger partial charge < -0.3 is 14.0 Å². The van der Waals surface area contributed by atoms with Gasteiger partial charge in [-0.15, -0.1) is 16.8 Å². The number of hydrogen-bond donors (Lipinski definition) is 0. The van der Waals surface area contributed by atoms with Crippen LogP contribution in [-0.4, -0.2) is 40.5 Å². The van der Waals surface area contributed by atoms with E-state index in [1.54, 1.807) is 31.4 Å². The van der Waals surface area contributed by atoms with Gasteiger partial charge in [-0.3, -0.25) is 4.79 Å². The van der Waals surface area contributed by atoms with E-state index in [-0.39, 0.29) is 11.5 Å². The third-order valence-electron chi connectivity index (χ3n) is 3.25. The number of aryl methyl sites for hydroxylation is 1. The zero-order valence-electron chi connectivity index (χ0n) is 13.4. The van der Waals surface area contributed by atoms with Crippen LogP contribution in [0.3, 0.4) is 0 Å². The van der Waals surface area contributed by atoms with Crippen molar-refractivity contribution < 1.29 is 14.3 Å². The first-order valence-corrected chi connectivity index (χ1v) is 7.98. The average Bonchev–Trinajstić information content (AvgIpc) is 2.92. The molecule has 6 nitrogen and oxygen atoms in total. The van der Waals surface area contributed by atoms with E-state index in [1.165, 1.54) is 18.9 Å². The van der Waals surface area contributed by atoms with Crippen molar-refractivity contribution in [3.63, 3.8) is 0 Å². The summed E-state index contributed by atoms with van der Waals surface area (Å²) >= 11 is 1.35. The van der Waals surface area contributed by atoms with Crippen molar-refractivity contribution in [2.45, 2.75) is 18.6 Å². The molecule has 0 aliphatic heterocycles. The van der Waals surface area contributed by atoms with E-state index < -0.39 is 0 Å². The van der Waals surface area contributed by atoms with Crippen molar-refractivity contribution in [2.75, 3.05) is 20.0 Å². The molecule has 0 radical (unpaired) electrons. The number of methoxy groups -OCH3 is 2. The SMILES string of the molecule is C=CCn1c(C)nnc1SCC(=O)c1ccc(OC)cc1OC. The van der Waals surface area contributed by atoms with E-state index in [9.17, 15) is 4.79 Å². The smallest absolute Gasteiger partial charge is 0.191 e. The minimum Gasteiger partial charge on any atom is -0.497 e. The monoisotopic (exact) mass is 333 g/mol. The Hall–Kier alpha value is -2.28. The van der Waals surface area contributed by atoms with Crippen LogP contribution in [0.5, 0.6) is 11.5 Å². The van der Waals surface area contributed by atoms with Gasteiger partial charge in [0.2, 0.25) is 0 Å². The first kappa shape index (κ1) is 17.1. The number of aromatic nitrogens is 3. The number of carbonyl (C=O) groups excluding carboxylic acids is 1. The second-order valence-electron chi connectivity index (χ2n) is 4.71. The summed E-state index contributed by atoms with van der Waals surface area (Å²) in [4.78, 5) is 12.5. The maximum Gasteiger partial charge on any atom is 0.191 e. The Morgan fingerprint density at radius 1 is 1.35 bits per heavy atom. The highest BCUT2D eigenvalue weighted by Gasteiger charge is 2.16. The second-order valence-corrected chi connectivity index (χ2v) is 5.65. The van der Waals surface area contributed by atoms with Crippen LogP contribution in [0.15, 0.2) is 36.0 Å². The van der Waals surface area contributed by atoms with Gasteiger partial charge in [-0.2, -0.15) is 0 Å². The molecule has 1 aromatic carbocycles. The van der Waals surface area contributed by atoms with Crippen LogP contribution in [0, 0.1) is 6.92 Å². The van der Waals surface area contributed by atoms with Crippen molar-refractivity contribution in [1.29, 1.82) is 0 Å². The van der Waals surface area contributed by atoms with Gasteiger partial charge in [0.1, 0.15) is 17.3 Å². The van der Waals surface area contributed by atoms with Crippen LogP contribution in [-0.2, 0) is 6.54 Å². The lowest BCUT2D eigenvalue weighted by Gasteiger charge is -2.09. The number of thioether (sulfide) groups is 1. The Bertz CT molecular complexity index is 713. The number of hydrogen-bond acceptors (Lipinski definition) is 6. The summed E-state index contributed by atoms with van der Waals surface area (Å²) in [5, 5.41) is 8.83. The number of benzene rings is 1. The van der Waals surface area contributed by atoms with Gasteiger partial charge in [0.25, 0.3) is 0 Å². The van der Waals surface area contributed by atoms with Crippen LogP contribution in [0.25, 0.3) is 0 Å². The van der Waals surface area contributed by atoms with Crippen molar-refractivity contribution in [3.05, 3.63) is 42.2 Å². The molecule has 0 saturated heterocycles. The Kier molecular flexibility index (Phi) is 5.81. The summed E-state index contributed by atoms with van der Waals surface area (Å²) in [5.41, 5.74) is 0.521. The lowest BCUT2D eigenvalue weighted by atomic mass is 10.1. The topological polar surface area (TPSA) is 66.2 Å². The first-order valence-electron chi connectivity index (χ1n) is 6.99. The summed E-state index contributed by atoms with van der Waals surface area (Å²) < 4.78 is 12.3. The number of carbonyl (C=O) groups is 1. The number of allylic oxidation sites excluding steroid dienone is 1. The standard InChI is InChI=1S/C16H19N3O3S/c1-5-8-19-11(2)17-18-16(19)23-10-14(20)13-7-6-12(21-3)9-15(13)22-4/h5-7,9H,1,8,10H2,2-4H3. The molecule has 0 saturated carbocycles. The average molecular weight is 333 g/mol. The van der Waals surface area contributed by atoms with Crippen LogP contribution in [0.1, 0.15) is 16.2 Å². The van der Waals surface area contributed by atoms with Gasteiger partial charge in [-0.25, -0.2) is 0 Å². The number of nitrogens with zero attached hydrogens (tertiary/aromatic N) is 3. The van der Waals surface area contributed by atoms with Gasteiger partial charge in [0.15, 0.2) is 10.9 Å². The second kappa shape index (κ2) is 7.82. The molecule has 0 N–H and O–H groups in total. The minimum absolute atomic E-state index is 0.0414. The summed E-state index contributed by atoms with van der Waals surface area (Å²) in [5.74, 6) is 2.14. The molecule has 0 amide bonds. The molecule has 2 rings (SSSR count). The summed E-state index contributed by atoms with van der Waals surface area (Å²) in [6.45, 7) is 6.20. The molecule has 7 heteroatoms. The molecule has 2 aromatic rings. The summed E-state index contributed by atoms with van der Waals surface area (Å²) in [7, 11) is 3.10. The highest BCUT2D eigenvalue weighted by Crippen LogP contribution is 2.27. The molecule has 0 aliphatic carbocycles. The van der Waals surface area contributed by atoms with E-state index in [4.69, 9.17) is 9.47 Å². The van der Waals surface area contributed by atoms with E-state index >= 15 is 0 Å². The Balaban J connectivity index is 2.12. The Morgan fingerprint density at radius 2 is 2.13 bits per heavy atom. The number of ether oxygens (including phenoxy) is 2. The van der Waals surface area contributed by atoms with Gasteiger partial charge in [0, 0.05) is 12.6 Å². The predicted molar refractivity (Wildman–Crippen MR) is 89.6 cm³/mol. The van der Waals surface area contributed by atoms with Crippen molar-refractivity contribution >= 4 is 17.5 Å². The maximum atomic E-state index is 12.5. The molecule has 0 spiro atoms. The highest BCUT2D eigenvalue weighted by molar-refractivity contribution is 7.99. The quantitative estimate of drug-likeness (QED) is 0.420. The fourth-order valence-corrected chi connectivity index (χ4v) is 2.92. The van der Waals surface area contributed by atoms with E-state index in [0.29, 0.717) is 28.8 Å². The molecular weight excluding hydrogens is 314 g/mol. The molecule has 0 aliphatic rings. The van der Waals surface area contributed by atoms with Gasteiger partial charge in [0.05, 0.1) is 25.5 Å². The number of ketones is 1. The van der Waals surface area contributed by atoms with Crippen molar-refractivity contribution in [3.8, 4) is 11.5 Å². The molecule has 1 heterocycles. The van der Waals surface area contributed by atoms with Crippen molar-refractivity contribution in [1.82, 2.24) is 14.8 Å². The van der Waals surface area contributed by atoms with Crippen LogP contribution >= 0.6 is 11.8 Å². The molecule has 23 heavy (non-hydrogen) atoms. The fraction of sp³-hybridized carbons (Fsp3) is 0.312. The lowest BCUT2D eigenvalue weighted by molar-refractivity contribution is 0.101. The molecular formula is C16H19N3O3S. The minimum atomic E-state index is -0.0414. The molecule has 0 unspecified atom stereocenters. The first-order chi connectivity index (χ1) is 11.1. The number of Topliss-reactive ketones (excluding diaryl/α,β-unsaturated/α-hetero) is 1. The van der Waals surface area contributed by atoms with Crippen molar-refractivity contribution in [2.24, 2.45) is 0 Å². The predicted octanol–water partition coefficient (Wildman–Crippen LogP) is 2.76. The van der Waals surface area contributed by atoms with E-state index in [2.05, 4.69) is 16.8 Å². The van der Waals surface area contributed by atoms with E-state index in [1.807, 2.05) is 11.5 Å². The summed E-state index contributed by atoms with van der Waals surface area (Å²) in [6, 6.07) is 5.15. The maximum absolute atomic E-state index is 12.5.